The molecular formula is C25H23F7O. The highest BCUT2D eigenvalue weighted by Gasteiger charge is 2.44. The Balaban J connectivity index is 1.77. The van der Waals surface area contributed by atoms with Crippen LogP contribution in [0.3, 0.4) is 0 Å². The molecule has 0 heterocycles. The van der Waals surface area contributed by atoms with Gasteiger partial charge in [-0.1, -0.05) is 19.1 Å². The standard InChI is InChI=1S/C25H23F7O/c1-2-3-4-13-5-6-16-18(8-7-17-19(16)11-15(26)12-20(17)27)23(13)14-9-21(28)24(22(29)10-14)33-25(30,31)32/h3-4,9-13,16,18,23H,2,5-8H2,1H3/b4-3+/t13-,16-,18+,23-/m1/s1. The van der Waals surface area contributed by atoms with E-state index in [0.29, 0.717) is 36.8 Å². The van der Waals surface area contributed by atoms with Gasteiger partial charge >= 0.3 is 6.36 Å². The normalized spacial score (nSPS) is 25.1. The van der Waals surface area contributed by atoms with Crippen LogP contribution >= 0.6 is 0 Å². The summed E-state index contributed by atoms with van der Waals surface area (Å²) >= 11 is 0. The van der Waals surface area contributed by atoms with E-state index in [9.17, 15) is 30.7 Å². The number of rotatable bonds is 4. The maximum atomic E-state index is 14.6. The Bertz CT molecular complexity index is 1040. The fourth-order valence-electron chi connectivity index (χ4n) is 5.64. The van der Waals surface area contributed by atoms with Crippen LogP contribution in [0.2, 0.25) is 0 Å². The lowest BCUT2D eigenvalue weighted by Crippen LogP contribution is -2.35. The second-order valence-corrected chi connectivity index (χ2v) is 8.73. The van der Waals surface area contributed by atoms with Gasteiger partial charge in [-0.25, -0.2) is 17.6 Å². The zero-order valence-corrected chi connectivity index (χ0v) is 17.9. The lowest BCUT2D eigenvalue weighted by molar-refractivity contribution is -0.276. The highest BCUT2D eigenvalue weighted by molar-refractivity contribution is 5.40. The first kappa shape index (κ1) is 23.6. The summed E-state index contributed by atoms with van der Waals surface area (Å²) in [6, 6.07) is 3.98. The van der Waals surface area contributed by atoms with Gasteiger partial charge in [0.1, 0.15) is 11.6 Å². The zero-order valence-electron chi connectivity index (χ0n) is 17.9. The lowest BCUT2D eigenvalue weighted by atomic mass is 9.58. The molecular weight excluding hydrogens is 449 g/mol. The minimum Gasteiger partial charge on any atom is -0.399 e. The molecule has 1 fully saturated rings. The number of alkyl halides is 3. The monoisotopic (exact) mass is 472 g/mol. The summed E-state index contributed by atoms with van der Waals surface area (Å²) < 4.78 is 98.7. The summed E-state index contributed by atoms with van der Waals surface area (Å²) in [4.78, 5) is 0. The van der Waals surface area contributed by atoms with Gasteiger partial charge in [0.05, 0.1) is 0 Å². The summed E-state index contributed by atoms with van der Waals surface area (Å²) in [6.45, 7) is 1.95. The van der Waals surface area contributed by atoms with Gasteiger partial charge in [-0.15, -0.1) is 13.2 Å². The molecule has 0 aliphatic heterocycles. The van der Waals surface area contributed by atoms with Crippen LogP contribution in [0.1, 0.15) is 61.1 Å². The first-order valence-corrected chi connectivity index (χ1v) is 11.0. The summed E-state index contributed by atoms with van der Waals surface area (Å²) in [5.74, 6) is -6.56. The van der Waals surface area contributed by atoms with Gasteiger partial charge in [-0.3, -0.25) is 0 Å². The van der Waals surface area contributed by atoms with Gasteiger partial charge in [-0.2, -0.15) is 0 Å². The van der Waals surface area contributed by atoms with Crippen molar-refractivity contribution in [3.63, 3.8) is 0 Å². The number of allylic oxidation sites excluding steroid dienone is 2. The maximum absolute atomic E-state index is 14.6. The highest BCUT2D eigenvalue weighted by atomic mass is 19.4. The van der Waals surface area contributed by atoms with Crippen LogP contribution in [-0.4, -0.2) is 6.36 Å². The Morgan fingerprint density at radius 2 is 1.64 bits per heavy atom. The van der Waals surface area contributed by atoms with Gasteiger partial charge in [0.15, 0.2) is 11.6 Å². The Morgan fingerprint density at radius 3 is 2.27 bits per heavy atom. The number of hydrogen-bond acceptors (Lipinski definition) is 1. The largest absolute Gasteiger partial charge is 0.573 e. The minimum absolute atomic E-state index is 0.112. The Labute approximate surface area is 187 Å². The third-order valence-electron chi connectivity index (χ3n) is 6.81. The molecule has 1 saturated carbocycles. The number of benzene rings is 2. The number of hydrogen-bond donors (Lipinski definition) is 0. The topological polar surface area (TPSA) is 9.23 Å². The van der Waals surface area contributed by atoms with Crippen LogP contribution in [0, 0.1) is 35.1 Å². The van der Waals surface area contributed by atoms with E-state index in [2.05, 4.69) is 4.74 Å². The van der Waals surface area contributed by atoms with E-state index in [4.69, 9.17) is 0 Å². The summed E-state index contributed by atoms with van der Waals surface area (Å²) in [7, 11) is 0. The van der Waals surface area contributed by atoms with Gasteiger partial charge < -0.3 is 4.74 Å². The van der Waals surface area contributed by atoms with Crippen LogP contribution in [0.25, 0.3) is 0 Å². The van der Waals surface area contributed by atoms with Crippen LogP contribution in [-0.2, 0) is 6.42 Å². The maximum Gasteiger partial charge on any atom is 0.573 e. The van der Waals surface area contributed by atoms with Crippen molar-refractivity contribution in [2.24, 2.45) is 11.8 Å². The third kappa shape index (κ3) is 4.75. The second-order valence-electron chi connectivity index (χ2n) is 8.73. The van der Waals surface area contributed by atoms with Crippen molar-refractivity contribution in [3.8, 4) is 5.75 Å². The molecule has 2 aliphatic rings. The molecule has 178 valence electrons. The van der Waals surface area contributed by atoms with Gasteiger partial charge in [0.25, 0.3) is 0 Å². The molecule has 0 N–H and O–H groups in total. The molecule has 2 aromatic rings. The highest BCUT2D eigenvalue weighted by Crippen LogP contribution is 2.55. The number of halogens is 7. The van der Waals surface area contributed by atoms with Gasteiger partial charge in [0.2, 0.25) is 5.75 Å². The predicted molar refractivity (Wildman–Crippen MR) is 109 cm³/mol. The Morgan fingerprint density at radius 1 is 0.939 bits per heavy atom. The molecule has 0 aromatic heterocycles. The first-order chi connectivity index (χ1) is 15.6. The van der Waals surface area contributed by atoms with Crippen molar-refractivity contribution in [3.05, 3.63) is 76.4 Å². The SMILES string of the molecule is CC/C=C/[C@@H]1CC[C@H]2c3cc(F)cc(F)c3CC[C@@H]2[C@H]1c1cc(F)c(OC(F)(F)F)c(F)c1. The van der Waals surface area contributed by atoms with E-state index in [-0.39, 0.29) is 23.3 Å². The zero-order chi connectivity index (χ0) is 23.9. The average molecular weight is 472 g/mol. The second kappa shape index (κ2) is 9.03. The molecule has 1 nitrogen and oxygen atoms in total. The fraction of sp³-hybridized carbons (Fsp3) is 0.440. The molecule has 8 heteroatoms. The summed E-state index contributed by atoms with van der Waals surface area (Å²) in [5, 5.41) is 0. The molecule has 0 unspecified atom stereocenters. The Hall–Kier alpha value is -2.51. The van der Waals surface area contributed by atoms with E-state index < -0.39 is 41.3 Å². The van der Waals surface area contributed by atoms with Crippen LogP contribution in [0.5, 0.6) is 5.75 Å². The molecule has 0 bridgehead atoms. The van der Waals surface area contributed by atoms with Crippen molar-refractivity contribution < 1.29 is 35.5 Å². The molecule has 0 spiro atoms. The molecule has 0 saturated heterocycles. The van der Waals surface area contributed by atoms with E-state index >= 15 is 0 Å². The van der Waals surface area contributed by atoms with E-state index in [1.807, 2.05) is 19.1 Å². The van der Waals surface area contributed by atoms with Crippen molar-refractivity contribution in [1.29, 1.82) is 0 Å². The van der Waals surface area contributed by atoms with Crippen molar-refractivity contribution in [1.82, 2.24) is 0 Å². The third-order valence-corrected chi connectivity index (χ3v) is 6.81. The van der Waals surface area contributed by atoms with Crippen LogP contribution in [0.15, 0.2) is 36.4 Å². The van der Waals surface area contributed by atoms with Crippen molar-refractivity contribution in [2.45, 2.75) is 57.2 Å². The Kier molecular flexibility index (Phi) is 6.47. The number of fused-ring (bicyclic) bond motifs is 3. The van der Waals surface area contributed by atoms with Gasteiger partial charge in [0, 0.05) is 6.07 Å². The van der Waals surface area contributed by atoms with Crippen molar-refractivity contribution >= 4 is 0 Å². The van der Waals surface area contributed by atoms with Crippen LogP contribution in [0.4, 0.5) is 30.7 Å². The smallest absolute Gasteiger partial charge is 0.399 e. The molecule has 2 aliphatic carbocycles. The van der Waals surface area contributed by atoms with Gasteiger partial charge in [-0.05, 0) is 90.7 Å². The van der Waals surface area contributed by atoms with Crippen LogP contribution < -0.4 is 4.74 Å². The van der Waals surface area contributed by atoms with E-state index in [0.717, 1.165) is 24.6 Å². The van der Waals surface area contributed by atoms with E-state index in [1.54, 1.807) is 0 Å². The minimum atomic E-state index is -5.23. The van der Waals surface area contributed by atoms with E-state index in [1.165, 1.54) is 6.07 Å². The molecule has 2 aromatic carbocycles. The first-order valence-electron chi connectivity index (χ1n) is 11.0. The molecule has 4 rings (SSSR count). The quantitative estimate of drug-likeness (QED) is 0.324. The molecule has 0 radical (unpaired) electrons. The van der Waals surface area contributed by atoms with Crippen molar-refractivity contribution in [2.75, 3.05) is 0 Å². The lowest BCUT2D eigenvalue weighted by Gasteiger charge is -2.46. The fourth-order valence-corrected chi connectivity index (χ4v) is 5.64. The predicted octanol–water partition coefficient (Wildman–Crippen LogP) is 7.95. The molecule has 33 heavy (non-hydrogen) atoms. The molecule has 4 atom stereocenters. The summed E-state index contributed by atoms with van der Waals surface area (Å²) in [6.07, 6.45) is 1.57. The number of ether oxygens (including phenoxy) is 1. The summed E-state index contributed by atoms with van der Waals surface area (Å²) in [5.41, 5.74) is 1.26. The average Bonchev–Trinajstić information content (AvgIpc) is 2.73. The molecule has 0 amide bonds.